The summed E-state index contributed by atoms with van der Waals surface area (Å²) < 4.78 is 11.3. The lowest BCUT2D eigenvalue weighted by Gasteiger charge is -2.33. The van der Waals surface area contributed by atoms with Gasteiger partial charge in [0.1, 0.15) is 0 Å². The summed E-state index contributed by atoms with van der Waals surface area (Å²) in [5, 5.41) is 0. The predicted molar refractivity (Wildman–Crippen MR) is 49.0 cm³/mol. The van der Waals surface area contributed by atoms with Gasteiger partial charge >= 0.3 is 0 Å². The Bertz CT molecular complexity index is 121. The van der Waals surface area contributed by atoms with Crippen molar-refractivity contribution in [2.24, 2.45) is 5.92 Å². The Morgan fingerprint density at radius 3 is 2.08 bits per heavy atom. The SMILES string of the molecule is CC(C)CC1OC(C)CC(C)O1. The van der Waals surface area contributed by atoms with Gasteiger partial charge in [0.05, 0.1) is 12.2 Å². The van der Waals surface area contributed by atoms with Crippen molar-refractivity contribution in [3.05, 3.63) is 0 Å². The molecule has 1 aliphatic heterocycles. The van der Waals surface area contributed by atoms with Crippen molar-refractivity contribution in [3.63, 3.8) is 0 Å². The van der Waals surface area contributed by atoms with Gasteiger partial charge in [-0.25, -0.2) is 0 Å². The highest BCUT2D eigenvalue weighted by Gasteiger charge is 2.24. The molecule has 1 rings (SSSR count). The minimum Gasteiger partial charge on any atom is -0.350 e. The summed E-state index contributed by atoms with van der Waals surface area (Å²) >= 11 is 0. The first-order chi connectivity index (χ1) is 5.58. The highest BCUT2D eigenvalue weighted by atomic mass is 16.7. The molecule has 0 aromatic rings. The van der Waals surface area contributed by atoms with Crippen LogP contribution in [-0.4, -0.2) is 18.5 Å². The maximum Gasteiger partial charge on any atom is 0.158 e. The molecule has 2 heteroatoms. The van der Waals surface area contributed by atoms with Gasteiger partial charge in [-0.1, -0.05) is 13.8 Å². The van der Waals surface area contributed by atoms with Crippen molar-refractivity contribution in [1.29, 1.82) is 0 Å². The predicted octanol–water partition coefficient (Wildman–Crippen LogP) is 2.57. The van der Waals surface area contributed by atoms with Gasteiger partial charge in [0.2, 0.25) is 0 Å². The molecular formula is C10H20O2. The van der Waals surface area contributed by atoms with Crippen LogP contribution in [0.2, 0.25) is 0 Å². The van der Waals surface area contributed by atoms with Crippen LogP contribution in [-0.2, 0) is 9.47 Å². The molecule has 0 aliphatic carbocycles. The van der Waals surface area contributed by atoms with E-state index in [0.717, 1.165) is 12.8 Å². The largest absolute Gasteiger partial charge is 0.350 e. The van der Waals surface area contributed by atoms with E-state index in [0.29, 0.717) is 18.1 Å². The van der Waals surface area contributed by atoms with Crippen molar-refractivity contribution >= 4 is 0 Å². The van der Waals surface area contributed by atoms with Crippen molar-refractivity contribution in [2.75, 3.05) is 0 Å². The molecule has 0 N–H and O–H groups in total. The molecule has 2 unspecified atom stereocenters. The molecule has 1 fully saturated rings. The molecule has 0 amide bonds. The second-order valence-corrected chi connectivity index (χ2v) is 4.19. The van der Waals surface area contributed by atoms with Gasteiger partial charge in [-0.2, -0.15) is 0 Å². The van der Waals surface area contributed by atoms with E-state index in [1.54, 1.807) is 0 Å². The maximum atomic E-state index is 5.65. The zero-order valence-corrected chi connectivity index (χ0v) is 8.54. The number of hydrogen-bond donors (Lipinski definition) is 0. The smallest absolute Gasteiger partial charge is 0.158 e. The Balaban J connectivity index is 2.34. The quantitative estimate of drug-likeness (QED) is 0.637. The number of hydrogen-bond acceptors (Lipinski definition) is 2. The molecule has 0 spiro atoms. The van der Waals surface area contributed by atoms with Crippen LogP contribution in [0.4, 0.5) is 0 Å². The van der Waals surface area contributed by atoms with E-state index in [9.17, 15) is 0 Å². The summed E-state index contributed by atoms with van der Waals surface area (Å²) in [4.78, 5) is 0. The molecule has 0 radical (unpaired) electrons. The molecule has 12 heavy (non-hydrogen) atoms. The summed E-state index contributed by atoms with van der Waals surface area (Å²) in [6.07, 6.45) is 2.78. The Labute approximate surface area is 75.2 Å². The molecule has 72 valence electrons. The van der Waals surface area contributed by atoms with Gasteiger partial charge in [0.15, 0.2) is 6.29 Å². The average Bonchev–Trinajstić information content (AvgIpc) is 1.81. The second-order valence-electron chi connectivity index (χ2n) is 4.19. The van der Waals surface area contributed by atoms with Gasteiger partial charge in [0, 0.05) is 6.42 Å². The third-order valence-electron chi connectivity index (χ3n) is 2.10. The van der Waals surface area contributed by atoms with Crippen LogP contribution in [0.1, 0.15) is 40.5 Å². The minimum atomic E-state index is 0.0312. The zero-order valence-electron chi connectivity index (χ0n) is 8.54. The molecule has 0 aromatic carbocycles. The standard InChI is InChI=1S/C10H20O2/c1-7(2)5-10-11-8(3)6-9(4)12-10/h7-10H,5-6H2,1-4H3. The van der Waals surface area contributed by atoms with Gasteiger partial charge < -0.3 is 9.47 Å². The van der Waals surface area contributed by atoms with Crippen LogP contribution < -0.4 is 0 Å². The monoisotopic (exact) mass is 172 g/mol. The Morgan fingerprint density at radius 2 is 1.67 bits per heavy atom. The van der Waals surface area contributed by atoms with Crippen LogP contribution in [0.3, 0.4) is 0 Å². The molecular weight excluding hydrogens is 152 g/mol. The van der Waals surface area contributed by atoms with Crippen LogP contribution >= 0.6 is 0 Å². The molecule has 0 bridgehead atoms. The highest BCUT2D eigenvalue weighted by Crippen LogP contribution is 2.22. The third kappa shape index (κ3) is 3.11. The summed E-state index contributed by atoms with van der Waals surface area (Å²) in [6, 6.07) is 0. The molecule has 0 aromatic heterocycles. The lowest BCUT2D eigenvalue weighted by atomic mass is 10.1. The van der Waals surface area contributed by atoms with Crippen molar-refractivity contribution in [1.82, 2.24) is 0 Å². The molecule has 1 saturated heterocycles. The normalized spacial score (nSPS) is 37.2. The van der Waals surface area contributed by atoms with E-state index in [4.69, 9.17) is 9.47 Å². The van der Waals surface area contributed by atoms with Crippen molar-refractivity contribution in [3.8, 4) is 0 Å². The Kier molecular flexibility index (Phi) is 3.53. The fraction of sp³-hybridized carbons (Fsp3) is 1.00. The van der Waals surface area contributed by atoms with E-state index in [2.05, 4.69) is 27.7 Å². The van der Waals surface area contributed by atoms with E-state index < -0.39 is 0 Å². The molecule has 2 atom stereocenters. The van der Waals surface area contributed by atoms with Crippen molar-refractivity contribution < 1.29 is 9.47 Å². The van der Waals surface area contributed by atoms with Crippen molar-refractivity contribution in [2.45, 2.75) is 59.0 Å². The van der Waals surface area contributed by atoms with Gasteiger partial charge in [-0.15, -0.1) is 0 Å². The Hall–Kier alpha value is -0.0800. The van der Waals surface area contributed by atoms with Crippen LogP contribution in [0.5, 0.6) is 0 Å². The molecule has 0 saturated carbocycles. The van der Waals surface area contributed by atoms with E-state index in [1.165, 1.54) is 0 Å². The summed E-state index contributed by atoms with van der Waals surface area (Å²) in [7, 11) is 0. The lowest BCUT2D eigenvalue weighted by molar-refractivity contribution is -0.239. The van der Waals surface area contributed by atoms with Gasteiger partial charge in [-0.3, -0.25) is 0 Å². The number of rotatable bonds is 2. The highest BCUT2D eigenvalue weighted by molar-refractivity contribution is 4.66. The number of ether oxygens (including phenoxy) is 2. The molecule has 2 nitrogen and oxygen atoms in total. The van der Waals surface area contributed by atoms with Gasteiger partial charge in [-0.05, 0) is 26.2 Å². The van der Waals surface area contributed by atoms with E-state index in [-0.39, 0.29) is 6.29 Å². The summed E-state index contributed by atoms with van der Waals surface area (Å²) in [6.45, 7) is 8.62. The zero-order chi connectivity index (χ0) is 9.14. The average molecular weight is 172 g/mol. The first-order valence-corrected chi connectivity index (χ1v) is 4.89. The Morgan fingerprint density at radius 1 is 1.17 bits per heavy atom. The van der Waals surface area contributed by atoms with Crippen LogP contribution in [0.15, 0.2) is 0 Å². The maximum absolute atomic E-state index is 5.65. The van der Waals surface area contributed by atoms with E-state index in [1.807, 2.05) is 0 Å². The topological polar surface area (TPSA) is 18.5 Å². The minimum absolute atomic E-state index is 0.0312. The van der Waals surface area contributed by atoms with Crippen LogP contribution in [0.25, 0.3) is 0 Å². The summed E-state index contributed by atoms with van der Waals surface area (Å²) in [5.41, 5.74) is 0. The second kappa shape index (κ2) is 4.24. The third-order valence-corrected chi connectivity index (χ3v) is 2.10. The lowest BCUT2D eigenvalue weighted by Crippen LogP contribution is -2.36. The molecule has 1 heterocycles. The molecule has 1 aliphatic rings. The first-order valence-electron chi connectivity index (χ1n) is 4.89. The first kappa shape index (κ1) is 10.0. The summed E-state index contributed by atoms with van der Waals surface area (Å²) in [5.74, 6) is 0.646. The van der Waals surface area contributed by atoms with Gasteiger partial charge in [0.25, 0.3) is 0 Å². The fourth-order valence-corrected chi connectivity index (χ4v) is 1.62. The fourth-order valence-electron chi connectivity index (χ4n) is 1.62. The van der Waals surface area contributed by atoms with Crippen LogP contribution in [0, 0.1) is 5.92 Å². The van der Waals surface area contributed by atoms with E-state index >= 15 is 0 Å².